The average molecular weight is 471 g/mol. The number of nitrogens with zero attached hydrogens (tertiary/aromatic N) is 2. The van der Waals surface area contributed by atoms with Crippen LogP contribution in [0.1, 0.15) is 50.7 Å². The Kier molecular flexibility index (Phi) is 7.77. The number of ether oxygens (including phenoxy) is 1. The Hall–Kier alpha value is -1.89. The maximum atomic E-state index is 12.9. The molecule has 180 valence electrons. The van der Waals surface area contributed by atoms with Crippen LogP contribution in [-0.2, 0) is 22.3 Å². The van der Waals surface area contributed by atoms with Gasteiger partial charge in [-0.1, -0.05) is 62.4 Å². The molecule has 0 unspecified atom stereocenters. The summed E-state index contributed by atoms with van der Waals surface area (Å²) in [7, 11) is -3.25. The molecule has 2 fully saturated rings. The van der Waals surface area contributed by atoms with Crippen molar-refractivity contribution in [3.8, 4) is 5.75 Å². The zero-order valence-corrected chi connectivity index (χ0v) is 20.9. The van der Waals surface area contributed by atoms with Crippen LogP contribution in [0.25, 0.3) is 0 Å². The molecule has 2 aliphatic heterocycles. The molecule has 2 aliphatic rings. The fraction of sp³-hybridized carbons (Fsp3) is 0.556. The van der Waals surface area contributed by atoms with Crippen molar-refractivity contribution in [2.45, 2.75) is 51.8 Å². The fourth-order valence-electron chi connectivity index (χ4n) is 5.07. The van der Waals surface area contributed by atoms with Gasteiger partial charge in [-0.25, -0.2) is 12.7 Å². The molecule has 0 atom stereocenters. The van der Waals surface area contributed by atoms with Crippen molar-refractivity contribution >= 4 is 10.0 Å². The topological polar surface area (TPSA) is 49.9 Å². The van der Waals surface area contributed by atoms with E-state index < -0.39 is 10.0 Å². The van der Waals surface area contributed by atoms with E-state index in [4.69, 9.17) is 4.74 Å². The summed E-state index contributed by atoms with van der Waals surface area (Å²) in [6, 6.07) is 17.9. The summed E-state index contributed by atoms with van der Waals surface area (Å²) in [5, 5.41) is 0. The Morgan fingerprint density at radius 1 is 0.879 bits per heavy atom. The van der Waals surface area contributed by atoms with Crippen LogP contribution >= 0.6 is 0 Å². The van der Waals surface area contributed by atoms with E-state index >= 15 is 0 Å². The molecular weight excluding hydrogens is 432 g/mol. The fourth-order valence-corrected chi connectivity index (χ4v) is 6.61. The van der Waals surface area contributed by atoms with Gasteiger partial charge in [-0.3, -0.25) is 4.90 Å². The molecule has 4 rings (SSSR count). The van der Waals surface area contributed by atoms with E-state index in [0.29, 0.717) is 24.4 Å². The number of rotatable bonds is 8. The molecular formula is C27H38N2O3S. The SMILES string of the molecule is CC(C)COc1ccccc1CN1CCC2(CC1)CCN(S(=O)(=O)Cc1ccccc1)CC2. The number of sulfonamides is 1. The van der Waals surface area contributed by atoms with Gasteiger partial charge in [-0.2, -0.15) is 0 Å². The quantitative estimate of drug-likeness (QED) is 0.549. The minimum atomic E-state index is -3.25. The first-order valence-corrected chi connectivity index (χ1v) is 13.9. The number of hydrogen-bond acceptors (Lipinski definition) is 4. The van der Waals surface area contributed by atoms with Gasteiger partial charge in [0.25, 0.3) is 0 Å². The first-order valence-electron chi connectivity index (χ1n) is 12.3. The number of para-hydroxylation sites is 1. The molecule has 1 spiro atoms. The molecule has 0 radical (unpaired) electrons. The largest absolute Gasteiger partial charge is 0.493 e. The van der Waals surface area contributed by atoms with Gasteiger partial charge < -0.3 is 4.74 Å². The number of likely N-dealkylation sites (tertiary alicyclic amines) is 1. The second-order valence-corrected chi connectivity index (χ2v) is 12.2. The molecule has 2 saturated heterocycles. The minimum Gasteiger partial charge on any atom is -0.493 e. The molecule has 6 heteroatoms. The molecule has 2 heterocycles. The Morgan fingerprint density at radius 3 is 2.15 bits per heavy atom. The molecule has 0 N–H and O–H groups in total. The summed E-state index contributed by atoms with van der Waals surface area (Å²) in [6.45, 7) is 9.44. The van der Waals surface area contributed by atoms with Gasteiger partial charge >= 0.3 is 0 Å². The van der Waals surface area contributed by atoms with Gasteiger partial charge in [0, 0.05) is 25.2 Å². The van der Waals surface area contributed by atoms with E-state index in [2.05, 4.69) is 36.9 Å². The standard InChI is InChI=1S/C27H38N2O3S/c1-23(2)21-32-26-11-7-6-10-25(26)20-28-16-12-27(13-17-28)14-18-29(19-15-27)33(30,31)22-24-8-4-3-5-9-24/h3-11,23H,12-22H2,1-2H3. The molecule has 0 bridgehead atoms. The highest BCUT2D eigenvalue weighted by molar-refractivity contribution is 7.88. The number of benzene rings is 2. The number of piperidine rings is 2. The Morgan fingerprint density at radius 2 is 1.48 bits per heavy atom. The monoisotopic (exact) mass is 470 g/mol. The Balaban J connectivity index is 1.28. The predicted molar refractivity (Wildman–Crippen MR) is 134 cm³/mol. The lowest BCUT2D eigenvalue weighted by molar-refractivity contribution is 0.0525. The van der Waals surface area contributed by atoms with Crippen LogP contribution in [0.4, 0.5) is 0 Å². The molecule has 0 aliphatic carbocycles. The van der Waals surface area contributed by atoms with Crippen LogP contribution < -0.4 is 4.74 Å². The lowest BCUT2D eigenvalue weighted by atomic mass is 9.71. The first kappa shape index (κ1) is 24.2. The van der Waals surface area contributed by atoms with E-state index in [9.17, 15) is 8.42 Å². The second kappa shape index (κ2) is 10.6. The van der Waals surface area contributed by atoms with E-state index in [-0.39, 0.29) is 5.75 Å². The van der Waals surface area contributed by atoms with E-state index in [1.165, 1.54) is 5.56 Å². The van der Waals surface area contributed by atoms with Crippen molar-refractivity contribution in [3.05, 3.63) is 65.7 Å². The van der Waals surface area contributed by atoms with Crippen molar-refractivity contribution < 1.29 is 13.2 Å². The first-order chi connectivity index (χ1) is 15.9. The summed E-state index contributed by atoms with van der Waals surface area (Å²) in [6.07, 6.45) is 4.25. The van der Waals surface area contributed by atoms with Crippen LogP contribution in [0.3, 0.4) is 0 Å². The van der Waals surface area contributed by atoms with Crippen LogP contribution in [0.15, 0.2) is 54.6 Å². The maximum absolute atomic E-state index is 12.9. The van der Waals surface area contributed by atoms with Gasteiger partial charge in [0.1, 0.15) is 5.75 Å². The van der Waals surface area contributed by atoms with Gasteiger partial charge in [0.05, 0.1) is 12.4 Å². The van der Waals surface area contributed by atoms with Crippen LogP contribution in [0, 0.1) is 11.3 Å². The molecule has 2 aromatic carbocycles. The molecule has 0 aromatic heterocycles. The van der Waals surface area contributed by atoms with Crippen LogP contribution in [-0.4, -0.2) is 50.4 Å². The third-order valence-corrected chi connectivity index (χ3v) is 9.07. The summed E-state index contributed by atoms with van der Waals surface area (Å²) in [5.74, 6) is 1.62. The predicted octanol–water partition coefficient (Wildman–Crippen LogP) is 4.93. The second-order valence-electron chi connectivity index (χ2n) is 10.2. The van der Waals surface area contributed by atoms with Crippen molar-refractivity contribution in [2.24, 2.45) is 11.3 Å². The van der Waals surface area contributed by atoms with Gasteiger partial charge in [0.2, 0.25) is 10.0 Å². The van der Waals surface area contributed by atoms with Gasteiger partial charge in [-0.05, 0) is 61.7 Å². The molecule has 0 amide bonds. The van der Waals surface area contributed by atoms with Gasteiger partial charge in [0.15, 0.2) is 0 Å². The molecule has 2 aromatic rings. The number of hydrogen-bond donors (Lipinski definition) is 0. The molecule has 0 saturated carbocycles. The highest BCUT2D eigenvalue weighted by Gasteiger charge is 2.40. The molecule has 5 nitrogen and oxygen atoms in total. The Bertz CT molecular complexity index is 989. The lowest BCUT2D eigenvalue weighted by Crippen LogP contribution is -2.48. The third kappa shape index (κ3) is 6.37. The third-order valence-electron chi connectivity index (χ3n) is 7.22. The minimum absolute atomic E-state index is 0.104. The zero-order valence-electron chi connectivity index (χ0n) is 20.1. The van der Waals surface area contributed by atoms with Crippen molar-refractivity contribution in [2.75, 3.05) is 32.8 Å². The van der Waals surface area contributed by atoms with Crippen LogP contribution in [0.5, 0.6) is 5.75 Å². The highest BCUT2D eigenvalue weighted by Crippen LogP contribution is 2.42. The smallest absolute Gasteiger partial charge is 0.218 e. The summed E-state index contributed by atoms with van der Waals surface area (Å²) < 4.78 is 33.6. The maximum Gasteiger partial charge on any atom is 0.218 e. The molecule has 33 heavy (non-hydrogen) atoms. The summed E-state index contributed by atoms with van der Waals surface area (Å²) >= 11 is 0. The van der Waals surface area contributed by atoms with Crippen molar-refractivity contribution in [3.63, 3.8) is 0 Å². The van der Waals surface area contributed by atoms with Crippen molar-refractivity contribution in [1.29, 1.82) is 0 Å². The van der Waals surface area contributed by atoms with Crippen molar-refractivity contribution in [1.82, 2.24) is 9.21 Å². The van der Waals surface area contributed by atoms with E-state index in [0.717, 1.165) is 63.2 Å². The van der Waals surface area contributed by atoms with Crippen LogP contribution in [0.2, 0.25) is 0 Å². The lowest BCUT2D eigenvalue weighted by Gasteiger charge is -2.46. The highest BCUT2D eigenvalue weighted by atomic mass is 32.2. The summed E-state index contributed by atoms with van der Waals surface area (Å²) in [4.78, 5) is 2.53. The average Bonchev–Trinajstić information content (AvgIpc) is 2.81. The summed E-state index contributed by atoms with van der Waals surface area (Å²) in [5.41, 5.74) is 2.42. The normalized spacial score (nSPS) is 19.7. The Labute approximate surface area is 199 Å². The van der Waals surface area contributed by atoms with Gasteiger partial charge in [-0.15, -0.1) is 0 Å². The zero-order chi connectivity index (χ0) is 23.3. The van der Waals surface area contributed by atoms with E-state index in [1.54, 1.807) is 4.31 Å². The van der Waals surface area contributed by atoms with E-state index in [1.807, 2.05) is 36.4 Å².